The SMILES string of the molecule is Cc1c(C(=O)Nc2ccc(N3CCC(c4ccccc4)CC3)c(C#N)c2)cnn1-c1ccc(Cl)cc1. The van der Waals surface area contributed by atoms with Gasteiger partial charge >= 0.3 is 0 Å². The lowest BCUT2D eigenvalue weighted by atomic mass is 9.89. The monoisotopic (exact) mass is 495 g/mol. The standard InChI is InChI=1S/C29H26ClN5O/c1-20-27(19-32-35(20)26-10-7-24(30)8-11-26)29(36)33-25-9-12-28(23(17-25)18-31)34-15-13-22(14-16-34)21-5-3-2-4-6-21/h2-12,17,19,22H,13-16H2,1H3,(H,33,36). The Morgan fingerprint density at radius 1 is 1.06 bits per heavy atom. The average molecular weight is 496 g/mol. The Bertz CT molecular complexity index is 1410. The third-order valence-electron chi connectivity index (χ3n) is 6.81. The van der Waals surface area contributed by atoms with Gasteiger partial charge < -0.3 is 10.2 Å². The molecule has 180 valence electrons. The number of carbonyl (C=O) groups is 1. The Morgan fingerprint density at radius 3 is 2.47 bits per heavy atom. The summed E-state index contributed by atoms with van der Waals surface area (Å²) in [6.45, 7) is 3.63. The molecule has 4 aromatic rings. The normalized spacial score (nSPS) is 13.9. The van der Waals surface area contributed by atoms with Crippen molar-refractivity contribution in [2.75, 3.05) is 23.3 Å². The van der Waals surface area contributed by atoms with Gasteiger partial charge in [-0.05, 0) is 73.7 Å². The molecule has 1 aromatic heterocycles. The third-order valence-corrected chi connectivity index (χ3v) is 7.06. The summed E-state index contributed by atoms with van der Waals surface area (Å²) in [6.07, 6.45) is 3.64. The topological polar surface area (TPSA) is 74.0 Å². The van der Waals surface area contributed by atoms with Gasteiger partial charge in [0.15, 0.2) is 0 Å². The van der Waals surface area contributed by atoms with Crippen LogP contribution in [0.15, 0.2) is 79.0 Å². The summed E-state index contributed by atoms with van der Waals surface area (Å²) in [5.74, 6) is 0.275. The number of nitriles is 1. The molecule has 0 saturated carbocycles. The number of nitrogens with zero attached hydrogens (tertiary/aromatic N) is 4. The maximum Gasteiger partial charge on any atom is 0.259 e. The summed E-state index contributed by atoms with van der Waals surface area (Å²) in [4.78, 5) is 15.3. The first-order valence-corrected chi connectivity index (χ1v) is 12.4. The van der Waals surface area contributed by atoms with Crippen LogP contribution in [-0.4, -0.2) is 28.8 Å². The average Bonchev–Trinajstić information content (AvgIpc) is 3.31. The van der Waals surface area contributed by atoms with E-state index in [4.69, 9.17) is 11.6 Å². The Morgan fingerprint density at radius 2 is 1.78 bits per heavy atom. The van der Waals surface area contributed by atoms with Crippen molar-refractivity contribution in [1.29, 1.82) is 5.26 Å². The van der Waals surface area contributed by atoms with Gasteiger partial charge in [0.25, 0.3) is 5.91 Å². The van der Waals surface area contributed by atoms with E-state index in [-0.39, 0.29) is 5.91 Å². The second-order valence-corrected chi connectivity index (χ2v) is 9.44. The van der Waals surface area contributed by atoms with Gasteiger partial charge in [0.2, 0.25) is 0 Å². The molecule has 5 rings (SSSR count). The summed E-state index contributed by atoms with van der Waals surface area (Å²) < 4.78 is 1.70. The van der Waals surface area contributed by atoms with E-state index in [1.54, 1.807) is 29.1 Å². The van der Waals surface area contributed by atoms with E-state index in [0.717, 1.165) is 37.3 Å². The molecular weight excluding hydrogens is 470 g/mol. The first-order chi connectivity index (χ1) is 17.5. The molecule has 0 atom stereocenters. The van der Waals surface area contributed by atoms with E-state index < -0.39 is 0 Å². The molecule has 0 unspecified atom stereocenters. The number of anilines is 2. The molecule has 36 heavy (non-hydrogen) atoms. The van der Waals surface area contributed by atoms with E-state index in [1.807, 2.05) is 37.3 Å². The van der Waals surface area contributed by atoms with E-state index in [0.29, 0.717) is 33.4 Å². The van der Waals surface area contributed by atoms with Crippen LogP contribution in [-0.2, 0) is 0 Å². The summed E-state index contributed by atoms with van der Waals surface area (Å²) in [5.41, 5.74) is 5.43. The van der Waals surface area contributed by atoms with Crippen LogP contribution in [0.4, 0.5) is 11.4 Å². The Kier molecular flexibility index (Phi) is 6.75. The fourth-order valence-corrected chi connectivity index (χ4v) is 4.96. The van der Waals surface area contributed by atoms with Crippen LogP contribution in [0.1, 0.15) is 45.9 Å². The minimum absolute atomic E-state index is 0.270. The third kappa shape index (κ3) is 4.84. The molecule has 3 aromatic carbocycles. The highest BCUT2D eigenvalue weighted by atomic mass is 35.5. The number of halogens is 1. The predicted octanol–water partition coefficient (Wildman–Crippen LogP) is 6.34. The van der Waals surface area contributed by atoms with Crippen molar-refractivity contribution in [3.8, 4) is 11.8 Å². The summed E-state index contributed by atoms with van der Waals surface area (Å²) in [7, 11) is 0. The van der Waals surface area contributed by atoms with E-state index >= 15 is 0 Å². The molecule has 0 bridgehead atoms. The van der Waals surface area contributed by atoms with Gasteiger partial charge in [-0.2, -0.15) is 10.4 Å². The van der Waals surface area contributed by atoms with Crippen LogP contribution in [0, 0.1) is 18.3 Å². The van der Waals surface area contributed by atoms with Crippen LogP contribution >= 0.6 is 11.6 Å². The number of carbonyl (C=O) groups excluding carboxylic acids is 1. The van der Waals surface area contributed by atoms with Crippen LogP contribution in [0.25, 0.3) is 5.69 Å². The zero-order chi connectivity index (χ0) is 25.1. The Labute approximate surface area is 215 Å². The number of rotatable bonds is 5. The number of piperidine rings is 1. The Hall–Kier alpha value is -4.08. The van der Waals surface area contributed by atoms with Crippen molar-refractivity contribution < 1.29 is 4.79 Å². The van der Waals surface area contributed by atoms with Crippen LogP contribution in [0.3, 0.4) is 0 Å². The van der Waals surface area contributed by atoms with E-state index in [1.165, 1.54) is 5.56 Å². The first-order valence-electron chi connectivity index (χ1n) is 12.0. The molecule has 1 aliphatic rings. The molecule has 0 spiro atoms. The van der Waals surface area contributed by atoms with Crippen molar-refractivity contribution in [3.05, 3.63) is 106 Å². The van der Waals surface area contributed by atoms with Crippen molar-refractivity contribution in [2.45, 2.75) is 25.7 Å². The maximum absolute atomic E-state index is 13.0. The van der Waals surface area contributed by atoms with Gasteiger partial charge in [0.1, 0.15) is 6.07 Å². The number of benzene rings is 3. The van der Waals surface area contributed by atoms with Gasteiger partial charge in [-0.1, -0.05) is 41.9 Å². The number of hydrogen-bond acceptors (Lipinski definition) is 4. The minimum atomic E-state index is -0.270. The number of nitrogens with one attached hydrogen (secondary N) is 1. The van der Waals surface area contributed by atoms with Gasteiger partial charge in [0.05, 0.1) is 34.4 Å². The fraction of sp³-hybridized carbons (Fsp3) is 0.207. The highest BCUT2D eigenvalue weighted by Gasteiger charge is 2.23. The number of hydrogen-bond donors (Lipinski definition) is 1. The van der Waals surface area contributed by atoms with E-state index in [9.17, 15) is 10.1 Å². The maximum atomic E-state index is 13.0. The molecule has 1 N–H and O–H groups in total. The molecule has 0 radical (unpaired) electrons. The Balaban J connectivity index is 1.28. The smallest absolute Gasteiger partial charge is 0.259 e. The lowest BCUT2D eigenvalue weighted by Crippen LogP contribution is -2.33. The summed E-state index contributed by atoms with van der Waals surface area (Å²) in [5, 5.41) is 17.8. The van der Waals surface area contributed by atoms with Crippen molar-refractivity contribution in [1.82, 2.24) is 9.78 Å². The van der Waals surface area contributed by atoms with Gasteiger partial charge in [-0.3, -0.25) is 4.79 Å². The van der Waals surface area contributed by atoms with Crippen molar-refractivity contribution >= 4 is 28.9 Å². The molecule has 6 nitrogen and oxygen atoms in total. The molecule has 1 fully saturated rings. The fourth-order valence-electron chi connectivity index (χ4n) is 4.83. The van der Waals surface area contributed by atoms with Gasteiger partial charge in [-0.15, -0.1) is 0 Å². The first kappa shape index (κ1) is 23.7. The molecule has 1 amide bonds. The second kappa shape index (κ2) is 10.3. The second-order valence-electron chi connectivity index (χ2n) is 9.00. The number of aromatic nitrogens is 2. The molecule has 1 saturated heterocycles. The summed E-state index contributed by atoms with van der Waals surface area (Å²) in [6, 6.07) is 25.7. The predicted molar refractivity (Wildman–Crippen MR) is 143 cm³/mol. The molecule has 7 heteroatoms. The van der Waals surface area contributed by atoms with Gasteiger partial charge in [0, 0.05) is 23.8 Å². The quantitative estimate of drug-likeness (QED) is 0.350. The summed E-state index contributed by atoms with van der Waals surface area (Å²) >= 11 is 5.98. The molecule has 0 aliphatic carbocycles. The largest absolute Gasteiger partial charge is 0.370 e. The highest BCUT2D eigenvalue weighted by molar-refractivity contribution is 6.30. The van der Waals surface area contributed by atoms with Crippen molar-refractivity contribution in [3.63, 3.8) is 0 Å². The molecule has 2 heterocycles. The van der Waals surface area contributed by atoms with E-state index in [2.05, 4.69) is 45.7 Å². The highest BCUT2D eigenvalue weighted by Crippen LogP contribution is 2.32. The zero-order valence-corrected chi connectivity index (χ0v) is 20.7. The molecule has 1 aliphatic heterocycles. The number of amides is 1. The zero-order valence-electron chi connectivity index (χ0n) is 20.0. The van der Waals surface area contributed by atoms with Crippen LogP contribution < -0.4 is 10.2 Å². The van der Waals surface area contributed by atoms with Crippen molar-refractivity contribution in [2.24, 2.45) is 0 Å². The van der Waals surface area contributed by atoms with Crippen LogP contribution in [0.2, 0.25) is 5.02 Å². The lowest BCUT2D eigenvalue weighted by Gasteiger charge is -2.34. The molecular formula is C29H26ClN5O. The van der Waals surface area contributed by atoms with Crippen LogP contribution in [0.5, 0.6) is 0 Å². The minimum Gasteiger partial charge on any atom is -0.370 e. The van der Waals surface area contributed by atoms with Gasteiger partial charge in [-0.25, -0.2) is 4.68 Å². The lowest BCUT2D eigenvalue weighted by molar-refractivity contribution is 0.102.